The topological polar surface area (TPSA) is 114 Å². The molecule has 3 aromatic rings. The highest BCUT2D eigenvalue weighted by atomic mass is 16.5. The number of aromatic nitrogens is 3. The number of urea groups is 1. The van der Waals surface area contributed by atoms with E-state index in [9.17, 15) is 4.79 Å². The Morgan fingerprint density at radius 3 is 2.18 bits per heavy atom. The van der Waals surface area contributed by atoms with Crippen LogP contribution in [-0.4, -0.2) is 73.6 Å². The molecule has 0 spiro atoms. The highest BCUT2D eigenvalue weighted by Gasteiger charge is 2.23. The summed E-state index contributed by atoms with van der Waals surface area (Å²) in [4.78, 5) is 20.9. The van der Waals surface area contributed by atoms with Gasteiger partial charge in [-0.2, -0.15) is 0 Å². The molecule has 0 atom stereocenters. The maximum atomic E-state index is 12.8. The second-order valence-electron chi connectivity index (χ2n) is 7.44. The second-order valence-corrected chi connectivity index (χ2v) is 7.44. The summed E-state index contributed by atoms with van der Waals surface area (Å²) < 4.78 is 16.0. The molecular formula is C23H27N7O4. The molecule has 0 aliphatic carbocycles. The third kappa shape index (κ3) is 5.20. The summed E-state index contributed by atoms with van der Waals surface area (Å²) in [7, 11) is 4.60. The average molecular weight is 466 g/mol. The Bertz CT molecular complexity index is 1080. The van der Waals surface area contributed by atoms with Crippen LogP contribution in [0, 0.1) is 0 Å². The van der Waals surface area contributed by atoms with Gasteiger partial charge in [0.1, 0.15) is 5.82 Å². The van der Waals surface area contributed by atoms with Crippen LogP contribution in [0.15, 0.2) is 48.7 Å². The zero-order chi connectivity index (χ0) is 23.9. The summed E-state index contributed by atoms with van der Waals surface area (Å²) in [5.41, 5.74) is 0.559. The Kier molecular flexibility index (Phi) is 7.11. The van der Waals surface area contributed by atoms with Crippen LogP contribution in [0.1, 0.15) is 0 Å². The Labute approximate surface area is 197 Å². The lowest BCUT2D eigenvalue weighted by Crippen LogP contribution is -2.50. The van der Waals surface area contributed by atoms with Crippen molar-refractivity contribution < 1.29 is 19.0 Å². The van der Waals surface area contributed by atoms with Gasteiger partial charge in [-0.25, -0.2) is 9.78 Å². The molecule has 0 unspecified atom stereocenters. The van der Waals surface area contributed by atoms with E-state index in [1.807, 2.05) is 30.3 Å². The van der Waals surface area contributed by atoms with Gasteiger partial charge in [-0.1, -0.05) is 6.07 Å². The number of hydrogen-bond donors (Lipinski definition) is 2. The Morgan fingerprint density at radius 2 is 1.62 bits per heavy atom. The molecule has 11 heteroatoms. The SMILES string of the molecule is COc1cc(NC(=O)N2CCN(c3ccc(Nc4ccccn4)nn3)CC2)cc(OC)c1OC. The van der Waals surface area contributed by atoms with Crippen LogP contribution in [0.2, 0.25) is 0 Å². The molecule has 1 saturated heterocycles. The van der Waals surface area contributed by atoms with E-state index >= 15 is 0 Å². The number of nitrogens with zero attached hydrogens (tertiary/aromatic N) is 5. The molecule has 11 nitrogen and oxygen atoms in total. The van der Waals surface area contributed by atoms with Gasteiger partial charge in [0.15, 0.2) is 23.1 Å². The summed E-state index contributed by atoms with van der Waals surface area (Å²) in [5, 5.41) is 14.6. The minimum absolute atomic E-state index is 0.199. The van der Waals surface area contributed by atoms with Gasteiger partial charge >= 0.3 is 6.03 Å². The van der Waals surface area contributed by atoms with E-state index in [2.05, 4.69) is 30.7 Å². The zero-order valence-corrected chi connectivity index (χ0v) is 19.3. The standard InChI is InChI=1S/C23H27N7O4/c1-32-17-14-16(15-18(33-2)22(17)34-3)25-23(31)30-12-10-29(11-13-30)21-8-7-20(27-28-21)26-19-6-4-5-9-24-19/h4-9,14-15H,10-13H2,1-3H3,(H,25,31)(H,24,26,27). The van der Waals surface area contributed by atoms with Gasteiger partial charge in [-0.3, -0.25) is 0 Å². The molecular weight excluding hydrogens is 438 g/mol. The van der Waals surface area contributed by atoms with Crippen molar-refractivity contribution in [2.75, 3.05) is 63.0 Å². The molecule has 2 aromatic heterocycles. The number of amides is 2. The summed E-state index contributed by atoms with van der Waals surface area (Å²) in [5.74, 6) is 3.50. The molecule has 0 bridgehead atoms. The molecule has 0 saturated carbocycles. The van der Waals surface area contributed by atoms with Crippen molar-refractivity contribution in [2.24, 2.45) is 0 Å². The number of pyridine rings is 1. The largest absolute Gasteiger partial charge is 0.493 e. The Morgan fingerprint density at radius 1 is 0.882 bits per heavy atom. The number of carbonyl (C=O) groups is 1. The lowest BCUT2D eigenvalue weighted by Gasteiger charge is -2.35. The van der Waals surface area contributed by atoms with E-state index in [4.69, 9.17) is 14.2 Å². The van der Waals surface area contributed by atoms with Gasteiger partial charge < -0.3 is 34.6 Å². The molecule has 4 rings (SSSR count). The van der Waals surface area contributed by atoms with Gasteiger partial charge in [0.25, 0.3) is 0 Å². The van der Waals surface area contributed by atoms with Gasteiger partial charge in [-0.05, 0) is 24.3 Å². The Balaban J connectivity index is 1.33. The highest BCUT2D eigenvalue weighted by Crippen LogP contribution is 2.40. The maximum absolute atomic E-state index is 12.8. The molecule has 3 heterocycles. The van der Waals surface area contributed by atoms with Gasteiger partial charge in [-0.15, -0.1) is 10.2 Å². The fraction of sp³-hybridized carbons (Fsp3) is 0.304. The minimum Gasteiger partial charge on any atom is -0.493 e. The van der Waals surface area contributed by atoms with Gasteiger partial charge in [0.2, 0.25) is 5.75 Å². The Hall–Kier alpha value is -4.28. The van der Waals surface area contributed by atoms with E-state index in [0.717, 1.165) is 5.82 Å². The second kappa shape index (κ2) is 10.6. The van der Waals surface area contributed by atoms with E-state index in [1.54, 1.807) is 23.2 Å². The van der Waals surface area contributed by atoms with Crippen LogP contribution >= 0.6 is 0 Å². The van der Waals surface area contributed by atoms with Crippen molar-refractivity contribution in [3.05, 3.63) is 48.7 Å². The van der Waals surface area contributed by atoms with Crippen molar-refractivity contribution in [2.45, 2.75) is 0 Å². The lowest BCUT2D eigenvalue weighted by molar-refractivity contribution is 0.208. The molecule has 1 aliphatic heterocycles. The number of anilines is 4. The fourth-order valence-electron chi connectivity index (χ4n) is 3.62. The minimum atomic E-state index is -0.199. The number of piperazine rings is 1. The van der Waals surface area contributed by atoms with E-state index < -0.39 is 0 Å². The smallest absolute Gasteiger partial charge is 0.321 e. The van der Waals surface area contributed by atoms with E-state index in [1.165, 1.54) is 21.3 Å². The summed E-state index contributed by atoms with van der Waals surface area (Å²) in [6, 6.07) is 12.6. The first-order chi connectivity index (χ1) is 16.6. The number of ether oxygens (including phenoxy) is 3. The van der Waals surface area contributed by atoms with Crippen molar-refractivity contribution >= 4 is 29.2 Å². The fourth-order valence-corrected chi connectivity index (χ4v) is 3.62. The first kappa shape index (κ1) is 22.9. The number of nitrogens with one attached hydrogen (secondary N) is 2. The molecule has 1 aromatic carbocycles. The zero-order valence-electron chi connectivity index (χ0n) is 19.3. The number of carbonyl (C=O) groups excluding carboxylic acids is 1. The number of rotatable bonds is 7. The predicted octanol–water partition coefficient (Wildman–Crippen LogP) is 3.00. The van der Waals surface area contributed by atoms with Crippen LogP contribution in [0.3, 0.4) is 0 Å². The monoisotopic (exact) mass is 465 g/mol. The average Bonchev–Trinajstić information content (AvgIpc) is 2.89. The molecule has 1 aliphatic rings. The van der Waals surface area contributed by atoms with E-state index in [-0.39, 0.29) is 6.03 Å². The van der Waals surface area contributed by atoms with Crippen LogP contribution in [0.5, 0.6) is 17.2 Å². The van der Waals surface area contributed by atoms with Crippen molar-refractivity contribution in [1.29, 1.82) is 0 Å². The molecule has 2 N–H and O–H groups in total. The molecule has 0 radical (unpaired) electrons. The first-order valence-electron chi connectivity index (χ1n) is 10.7. The highest BCUT2D eigenvalue weighted by molar-refractivity contribution is 5.90. The summed E-state index contributed by atoms with van der Waals surface area (Å²) >= 11 is 0. The quantitative estimate of drug-likeness (QED) is 0.543. The number of benzene rings is 1. The number of hydrogen-bond acceptors (Lipinski definition) is 9. The molecule has 1 fully saturated rings. The van der Waals surface area contributed by atoms with Crippen LogP contribution < -0.4 is 29.7 Å². The van der Waals surface area contributed by atoms with E-state index in [0.29, 0.717) is 60.8 Å². The third-order valence-electron chi connectivity index (χ3n) is 5.38. The summed E-state index contributed by atoms with van der Waals surface area (Å²) in [6.07, 6.45) is 1.71. The first-order valence-corrected chi connectivity index (χ1v) is 10.7. The molecule has 178 valence electrons. The normalized spacial score (nSPS) is 13.3. The molecule has 2 amide bonds. The van der Waals surface area contributed by atoms with Crippen LogP contribution in [0.25, 0.3) is 0 Å². The number of methoxy groups -OCH3 is 3. The van der Waals surface area contributed by atoms with Crippen molar-refractivity contribution in [3.8, 4) is 17.2 Å². The third-order valence-corrected chi connectivity index (χ3v) is 5.38. The lowest BCUT2D eigenvalue weighted by atomic mass is 10.2. The van der Waals surface area contributed by atoms with Crippen molar-refractivity contribution in [1.82, 2.24) is 20.1 Å². The van der Waals surface area contributed by atoms with Crippen LogP contribution in [-0.2, 0) is 0 Å². The summed E-state index contributed by atoms with van der Waals surface area (Å²) in [6.45, 7) is 2.38. The predicted molar refractivity (Wildman–Crippen MR) is 128 cm³/mol. The van der Waals surface area contributed by atoms with Gasteiger partial charge in [0.05, 0.1) is 27.0 Å². The molecule has 34 heavy (non-hydrogen) atoms. The van der Waals surface area contributed by atoms with Crippen LogP contribution in [0.4, 0.5) is 27.9 Å². The van der Waals surface area contributed by atoms with Crippen molar-refractivity contribution in [3.63, 3.8) is 0 Å². The maximum Gasteiger partial charge on any atom is 0.321 e. The van der Waals surface area contributed by atoms with Gasteiger partial charge in [0, 0.05) is 44.5 Å².